The molecule has 5 heteroatoms. The summed E-state index contributed by atoms with van der Waals surface area (Å²) in [6.45, 7) is 5.14. The topological polar surface area (TPSA) is 50.4 Å². The van der Waals surface area contributed by atoms with Crippen molar-refractivity contribution in [1.82, 2.24) is 10.6 Å². The van der Waals surface area contributed by atoms with Crippen LogP contribution in [0.2, 0.25) is 0 Å². The molecule has 0 fully saturated rings. The molecule has 0 aliphatic heterocycles. The second-order valence-electron chi connectivity index (χ2n) is 4.31. The van der Waals surface area contributed by atoms with Gasteiger partial charge in [-0.2, -0.15) is 0 Å². The molecule has 0 radical (unpaired) electrons. The molecule has 2 N–H and O–H groups in total. The van der Waals surface area contributed by atoms with E-state index >= 15 is 0 Å². The molecule has 1 amide bonds. The van der Waals surface area contributed by atoms with E-state index in [0.29, 0.717) is 13.1 Å². The number of carbonyl (C=O) groups is 1. The number of amides is 1. The van der Waals surface area contributed by atoms with Crippen molar-refractivity contribution in [2.24, 2.45) is 0 Å². The summed E-state index contributed by atoms with van der Waals surface area (Å²) >= 11 is 3.46. The molecule has 0 spiro atoms. The van der Waals surface area contributed by atoms with Crippen LogP contribution in [0, 0.1) is 0 Å². The van der Waals surface area contributed by atoms with Crippen molar-refractivity contribution in [1.29, 1.82) is 0 Å². The molecule has 0 bridgehead atoms. The summed E-state index contributed by atoms with van der Waals surface area (Å²) in [7, 11) is 1.88. The van der Waals surface area contributed by atoms with Crippen LogP contribution in [-0.2, 0) is 11.3 Å². The van der Waals surface area contributed by atoms with Crippen LogP contribution >= 0.6 is 15.9 Å². The smallest absolute Gasteiger partial charge is 0.260 e. The molecule has 0 aromatic heterocycles. The minimum atomic E-state index is -0.513. The molecular formula is C14H21BrN2O2. The van der Waals surface area contributed by atoms with E-state index in [0.717, 1.165) is 22.2 Å². The summed E-state index contributed by atoms with van der Waals surface area (Å²) in [5, 5.41) is 5.92. The van der Waals surface area contributed by atoms with Crippen LogP contribution in [0.5, 0.6) is 5.75 Å². The molecule has 0 saturated heterocycles. The third-order valence-electron chi connectivity index (χ3n) is 2.63. The van der Waals surface area contributed by atoms with Crippen molar-refractivity contribution < 1.29 is 9.53 Å². The quantitative estimate of drug-likeness (QED) is 0.808. The summed E-state index contributed by atoms with van der Waals surface area (Å²) in [4.78, 5) is 11.8. The second kappa shape index (κ2) is 8.17. The van der Waals surface area contributed by atoms with Crippen molar-refractivity contribution >= 4 is 21.8 Å². The van der Waals surface area contributed by atoms with Gasteiger partial charge in [0.2, 0.25) is 0 Å². The van der Waals surface area contributed by atoms with Crippen LogP contribution in [0.25, 0.3) is 0 Å². The van der Waals surface area contributed by atoms with Gasteiger partial charge in [0.1, 0.15) is 5.75 Å². The average Bonchev–Trinajstić information content (AvgIpc) is 2.40. The normalized spacial score (nSPS) is 12.0. The van der Waals surface area contributed by atoms with Crippen LogP contribution in [0.3, 0.4) is 0 Å². The maximum atomic E-state index is 11.8. The molecule has 0 aliphatic carbocycles. The maximum absolute atomic E-state index is 11.8. The highest BCUT2D eigenvalue weighted by molar-refractivity contribution is 9.10. The Morgan fingerprint density at radius 1 is 1.47 bits per heavy atom. The van der Waals surface area contributed by atoms with Gasteiger partial charge >= 0.3 is 0 Å². The van der Waals surface area contributed by atoms with Gasteiger partial charge in [-0.15, -0.1) is 0 Å². The Kier molecular flexibility index (Phi) is 6.87. The molecule has 0 saturated carbocycles. The van der Waals surface area contributed by atoms with Crippen molar-refractivity contribution in [3.63, 3.8) is 0 Å². The molecule has 1 rings (SSSR count). The first-order chi connectivity index (χ1) is 9.10. The Bertz CT molecular complexity index is 424. The molecule has 1 atom stereocenters. The average molecular weight is 329 g/mol. The van der Waals surface area contributed by atoms with Gasteiger partial charge in [-0.1, -0.05) is 19.1 Å². The van der Waals surface area contributed by atoms with Gasteiger partial charge in [-0.3, -0.25) is 4.79 Å². The number of carbonyl (C=O) groups excluding carboxylic acids is 1. The number of para-hydroxylation sites is 1. The minimum absolute atomic E-state index is 0.0898. The second-order valence-corrected chi connectivity index (χ2v) is 5.16. The zero-order valence-electron chi connectivity index (χ0n) is 11.6. The predicted molar refractivity (Wildman–Crippen MR) is 80.3 cm³/mol. The number of benzene rings is 1. The number of ether oxygens (including phenoxy) is 1. The van der Waals surface area contributed by atoms with E-state index in [4.69, 9.17) is 4.74 Å². The van der Waals surface area contributed by atoms with Gasteiger partial charge in [-0.05, 0) is 42.4 Å². The summed E-state index contributed by atoms with van der Waals surface area (Å²) in [5.41, 5.74) is 1.02. The Morgan fingerprint density at radius 3 is 2.84 bits per heavy atom. The van der Waals surface area contributed by atoms with E-state index < -0.39 is 6.10 Å². The van der Waals surface area contributed by atoms with E-state index in [9.17, 15) is 4.79 Å². The summed E-state index contributed by atoms with van der Waals surface area (Å²) in [6, 6.07) is 5.84. The van der Waals surface area contributed by atoms with Gasteiger partial charge in [0.05, 0.1) is 4.47 Å². The summed E-state index contributed by atoms with van der Waals surface area (Å²) in [6.07, 6.45) is 0.402. The van der Waals surface area contributed by atoms with Gasteiger partial charge in [0.25, 0.3) is 5.91 Å². The first-order valence-electron chi connectivity index (χ1n) is 6.46. The van der Waals surface area contributed by atoms with Crippen molar-refractivity contribution in [3.8, 4) is 5.75 Å². The van der Waals surface area contributed by atoms with Crippen LogP contribution in [0.1, 0.15) is 25.8 Å². The monoisotopic (exact) mass is 328 g/mol. The van der Waals surface area contributed by atoms with Gasteiger partial charge < -0.3 is 15.4 Å². The van der Waals surface area contributed by atoms with E-state index in [1.54, 1.807) is 6.92 Å². The predicted octanol–water partition coefficient (Wildman–Crippen LogP) is 2.46. The Hall–Kier alpha value is -1.07. The number of rotatable bonds is 7. The summed E-state index contributed by atoms with van der Waals surface area (Å²) in [5.74, 6) is 0.629. The lowest BCUT2D eigenvalue weighted by atomic mass is 10.2. The summed E-state index contributed by atoms with van der Waals surface area (Å²) < 4.78 is 6.65. The van der Waals surface area contributed by atoms with E-state index in [1.165, 1.54) is 0 Å². The molecule has 1 aromatic rings. The molecule has 106 valence electrons. The molecule has 1 aromatic carbocycles. The molecule has 0 heterocycles. The molecule has 19 heavy (non-hydrogen) atoms. The highest BCUT2D eigenvalue weighted by Gasteiger charge is 2.17. The fraction of sp³-hybridized carbons (Fsp3) is 0.500. The lowest BCUT2D eigenvalue weighted by molar-refractivity contribution is -0.127. The lowest BCUT2D eigenvalue weighted by Gasteiger charge is -2.18. The zero-order valence-corrected chi connectivity index (χ0v) is 13.2. The highest BCUT2D eigenvalue weighted by atomic mass is 79.9. The van der Waals surface area contributed by atoms with Crippen LogP contribution in [-0.4, -0.2) is 25.6 Å². The first-order valence-corrected chi connectivity index (χ1v) is 7.25. The Balaban J connectivity index is 2.77. The first kappa shape index (κ1) is 16.0. The third kappa shape index (κ3) is 4.84. The largest absolute Gasteiger partial charge is 0.479 e. The number of nitrogens with one attached hydrogen (secondary N) is 2. The third-order valence-corrected chi connectivity index (χ3v) is 3.25. The molecule has 0 aliphatic rings. The van der Waals surface area contributed by atoms with Gasteiger partial charge in [-0.25, -0.2) is 0 Å². The molecule has 1 unspecified atom stereocenters. The van der Waals surface area contributed by atoms with Crippen molar-refractivity contribution in [2.45, 2.75) is 32.9 Å². The lowest BCUT2D eigenvalue weighted by Crippen LogP contribution is -2.36. The SMILES string of the molecule is CCCNC(=O)C(C)Oc1c(Br)cccc1CNC. The minimum Gasteiger partial charge on any atom is -0.479 e. The Labute approximate surface area is 123 Å². The van der Waals surface area contributed by atoms with Crippen molar-refractivity contribution in [3.05, 3.63) is 28.2 Å². The molecular weight excluding hydrogens is 308 g/mol. The number of hydrogen-bond donors (Lipinski definition) is 2. The Morgan fingerprint density at radius 2 is 2.21 bits per heavy atom. The number of halogens is 1. The number of hydrogen-bond acceptors (Lipinski definition) is 3. The molecule has 4 nitrogen and oxygen atoms in total. The highest BCUT2D eigenvalue weighted by Crippen LogP contribution is 2.30. The van der Waals surface area contributed by atoms with Gasteiger partial charge in [0.15, 0.2) is 6.10 Å². The van der Waals surface area contributed by atoms with Gasteiger partial charge in [0, 0.05) is 18.7 Å². The van der Waals surface area contributed by atoms with E-state index in [1.807, 2.05) is 32.2 Å². The van der Waals surface area contributed by atoms with Crippen LogP contribution in [0.15, 0.2) is 22.7 Å². The van der Waals surface area contributed by atoms with Crippen LogP contribution in [0.4, 0.5) is 0 Å². The zero-order chi connectivity index (χ0) is 14.3. The maximum Gasteiger partial charge on any atom is 0.260 e. The standard InChI is InChI=1S/C14H21BrN2O2/c1-4-8-17-14(18)10(2)19-13-11(9-16-3)6-5-7-12(13)15/h5-7,10,16H,4,8-9H2,1-3H3,(H,17,18). The van der Waals surface area contributed by atoms with E-state index in [-0.39, 0.29) is 5.91 Å². The fourth-order valence-corrected chi connectivity index (χ4v) is 2.14. The van der Waals surface area contributed by atoms with Crippen molar-refractivity contribution in [2.75, 3.05) is 13.6 Å². The van der Waals surface area contributed by atoms with E-state index in [2.05, 4.69) is 26.6 Å². The van der Waals surface area contributed by atoms with Crippen LogP contribution < -0.4 is 15.4 Å². The fourth-order valence-electron chi connectivity index (χ4n) is 1.64.